The van der Waals surface area contributed by atoms with Crippen LogP contribution in [0.15, 0.2) is 48.5 Å². The van der Waals surface area contributed by atoms with Gasteiger partial charge in [-0.15, -0.1) is 0 Å². The van der Waals surface area contributed by atoms with Crippen molar-refractivity contribution in [3.05, 3.63) is 65.5 Å². The molecule has 0 heterocycles. The van der Waals surface area contributed by atoms with Crippen molar-refractivity contribution in [2.24, 2.45) is 5.73 Å². The number of nitrogens with one attached hydrogen (secondary N) is 1. The second-order valence-corrected chi connectivity index (χ2v) is 4.75. The summed E-state index contributed by atoms with van der Waals surface area (Å²) < 4.78 is 13.6. The molecule has 0 aliphatic carbocycles. The fourth-order valence-electron chi connectivity index (χ4n) is 1.94. The molecular weight excluding hydrogens is 255 g/mol. The number of carbonyl (C=O) groups excluding carboxylic acids is 1. The van der Waals surface area contributed by atoms with Gasteiger partial charge in [0, 0.05) is 12.5 Å². The van der Waals surface area contributed by atoms with E-state index in [1.54, 1.807) is 19.1 Å². The van der Waals surface area contributed by atoms with Gasteiger partial charge in [0.05, 0.1) is 5.69 Å². The molecule has 0 saturated carbocycles. The zero-order valence-corrected chi connectivity index (χ0v) is 11.3. The first kappa shape index (κ1) is 14.2. The van der Waals surface area contributed by atoms with Gasteiger partial charge in [0.25, 0.3) is 0 Å². The summed E-state index contributed by atoms with van der Waals surface area (Å²) in [5.74, 6) is -0.740. The maximum absolute atomic E-state index is 13.6. The van der Waals surface area contributed by atoms with Crippen LogP contribution >= 0.6 is 0 Å². The van der Waals surface area contributed by atoms with Crippen LogP contribution < -0.4 is 11.1 Å². The van der Waals surface area contributed by atoms with E-state index in [2.05, 4.69) is 5.32 Å². The molecule has 2 aromatic carbocycles. The van der Waals surface area contributed by atoms with E-state index in [0.717, 1.165) is 11.1 Å². The van der Waals surface area contributed by atoms with Gasteiger partial charge in [0.15, 0.2) is 0 Å². The lowest BCUT2D eigenvalue weighted by Gasteiger charge is -2.12. The molecule has 104 valence electrons. The number of aryl methyl sites for hydroxylation is 1. The Hall–Kier alpha value is -2.20. The number of rotatable bonds is 4. The maximum Gasteiger partial charge on any atom is 0.226 e. The zero-order valence-electron chi connectivity index (χ0n) is 11.3. The fraction of sp³-hybridized carbons (Fsp3) is 0.188. The minimum absolute atomic E-state index is 0.108. The predicted molar refractivity (Wildman–Crippen MR) is 77.8 cm³/mol. The number of anilines is 1. The van der Waals surface area contributed by atoms with Crippen molar-refractivity contribution >= 4 is 11.6 Å². The molecule has 0 bridgehead atoms. The summed E-state index contributed by atoms with van der Waals surface area (Å²) >= 11 is 0. The van der Waals surface area contributed by atoms with Crippen molar-refractivity contribution < 1.29 is 9.18 Å². The van der Waals surface area contributed by atoms with E-state index in [9.17, 15) is 9.18 Å². The normalized spacial score (nSPS) is 11.9. The Morgan fingerprint density at radius 1 is 1.25 bits per heavy atom. The first-order valence-electron chi connectivity index (χ1n) is 6.43. The predicted octanol–water partition coefficient (Wildman–Crippen LogP) is 3.16. The van der Waals surface area contributed by atoms with Gasteiger partial charge in [-0.3, -0.25) is 4.79 Å². The number of halogens is 1. The summed E-state index contributed by atoms with van der Waals surface area (Å²) in [5, 5.41) is 2.54. The van der Waals surface area contributed by atoms with Crippen LogP contribution in [0.25, 0.3) is 0 Å². The lowest BCUT2D eigenvalue weighted by Crippen LogP contribution is -2.21. The molecular formula is C16H17FN2O. The minimum Gasteiger partial charge on any atom is -0.324 e. The summed E-state index contributed by atoms with van der Waals surface area (Å²) in [6.07, 6.45) is 0.108. The Morgan fingerprint density at radius 3 is 2.60 bits per heavy atom. The van der Waals surface area contributed by atoms with Crippen molar-refractivity contribution in [3.63, 3.8) is 0 Å². The van der Waals surface area contributed by atoms with Crippen LogP contribution in [0, 0.1) is 12.7 Å². The van der Waals surface area contributed by atoms with Gasteiger partial charge in [-0.2, -0.15) is 0 Å². The summed E-state index contributed by atoms with van der Waals surface area (Å²) in [6, 6.07) is 13.6. The molecule has 20 heavy (non-hydrogen) atoms. The van der Waals surface area contributed by atoms with Gasteiger partial charge in [-0.1, -0.05) is 36.4 Å². The molecule has 0 aliphatic rings. The Balaban J connectivity index is 1.99. The first-order chi connectivity index (χ1) is 9.56. The fourth-order valence-corrected chi connectivity index (χ4v) is 1.94. The molecule has 0 fully saturated rings. The standard InChI is InChI=1S/C16H17FN2O/c1-11-7-8-15(13(17)9-11)19-16(20)10-14(18)12-5-3-2-4-6-12/h2-9,14H,10,18H2,1H3,(H,19,20). The van der Waals surface area contributed by atoms with Gasteiger partial charge in [0.1, 0.15) is 5.82 Å². The quantitative estimate of drug-likeness (QED) is 0.898. The van der Waals surface area contributed by atoms with Crippen LogP contribution in [0.4, 0.5) is 10.1 Å². The van der Waals surface area contributed by atoms with E-state index >= 15 is 0 Å². The van der Waals surface area contributed by atoms with Gasteiger partial charge >= 0.3 is 0 Å². The van der Waals surface area contributed by atoms with E-state index in [0.29, 0.717) is 0 Å². The van der Waals surface area contributed by atoms with Crippen LogP contribution in [-0.4, -0.2) is 5.91 Å². The topological polar surface area (TPSA) is 55.1 Å². The van der Waals surface area contributed by atoms with E-state index in [1.807, 2.05) is 30.3 Å². The highest BCUT2D eigenvalue weighted by atomic mass is 19.1. The number of benzene rings is 2. The smallest absolute Gasteiger partial charge is 0.226 e. The molecule has 0 aliphatic heterocycles. The molecule has 1 atom stereocenters. The third-order valence-electron chi connectivity index (χ3n) is 3.03. The molecule has 0 spiro atoms. The summed E-state index contributed by atoms with van der Waals surface area (Å²) in [4.78, 5) is 11.9. The molecule has 1 unspecified atom stereocenters. The Kier molecular flexibility index (Phi) is 4.48. The van der Waals surface area contributed by atoms with E-state index in [1.165, 1.54) is 6.07 Å². The lowest BCUT2D eigenvalue weighted by atomic mass is 10.0. The largest absolute Gasteiger partial charge is 0.324 e. The van der Waals surface area contributed by atoms with Crippen molar-refractivity contribution in [1.82, 2.24) is 0 Å². The van der Waals surface area contributed by atoms with Crippen molar-refractivity contribution in [2.45, 2.75) is 19.4 Å². The average molecular weight is 272 g/mol. The van der Waals surface area contributed by atoms with Crippen LogP contribution in [0.2, 0.25) is 0 Å². The highest BCUT2D eigenvalue weighted by molar-refractivity contribution is 5.91. The van der Waals surface area contributed by atoms with Crippen LogP contribution in [0.5, 0.6) is 0 Å². The molecule has 0 saturated heterocycles. The first-order valence-corrected chi connectivity index (χ1v) is 6.43. The highest BCUT2D eigenvalue weighted by Gasteiger charge is 2.13. The number of nitrogens with two attached hydrogens (primary N) is 1. The third-order valence-corrected chi connectivity index (χ3v) is 3.03. The Labute approximate surface area is 117 Å². The van der Waals surface area contributed by atoms with E-state index < -0.39 is 11.9 Å². The average Bonchev–Trinajstić information content (AvgIpc) is 2.43. The second kappa shape index (κ2) is 6.30. The molecule has 1 amide bonds. The molecule has 3 N–H and O–H groups in total. The molecule has 0 radical (unpaired) electrons. The number of hydrogen-bond acceptors (Lipinski definition) is 2. The van der Waals surface area contributed by atoms with Crippen LogP contribution in [0.1, 0.15) is 23.6 Å². The van der Waals surface area contributed by atoms with Crippen molar-refractivity contribution in [1.29, 1.82) is 0 Å². The molecule has 2 aromatic rings. The maximum atomic E-state index is 13.6. The van der Waals surface area contributed by atoms with Crippen LogP contribution in [0.3, 0.4) is 0 Å². The second-order valence-electron chi connectivity index (χ2n) is 4.75. The van der Waals surface area contributed by atoms with E-state index in [-0.39, 0.29) is 18.0 Å². The van der Waals surface area contributed by atoms with E-state index in [4.69, 9.17) is 5.73 Å². The van der Waals surface area contributed by atoms with Gasteiger partial charge < -0.3 is 11.1 Å². The molecule has 2 rings (SSSR count). The van der Waals surface area contributed by atoms with Crippen molar-refractivity contribution in [3.8, 4) is 0 Å². The lowest BCUT2D eigenvalue weighted by molar-refractivity contribution is -0.116. The monoisotopic (exact) mass is 272 g/mol. The number of hydrogen-bond donors (Lipinski definition) is 2. The van der Waals surface area contributed by atoms with Crippen LogP contribution in [-0.2, 0) is 4.79 Å². The van der Waals surface area contributed by atoms with Gasteiger partial charge in [-0.25, -0.2) is 4.39 Å². The molecule has 4 heteroatoms. The Morgan fingerprint density at radius 2 is 1.95 bits per heavy atom. The summed E-state index contributed by atoms with van der Waals surface area (Å²) in [7, 11) is 0. The number of carbonyl (C=O) groups is 1. The zero-order chi connectivity index (χ0) is 14.5. The Bertz CT molecular complexity index is 599. The van der Waals surface area contributed by atoms with Gasteiger partial charge in [0.2, 0.25) is 5.91 Å². The number of amides is 1. The van der Waals surface area contributed by atoms with Gasteiger partial charge in [-0.05, 0) is 30.2 Å². The minimum atomic E-state index is -0.438. The summed E-state index contributed by atoms with van der Waals surface area (Å²) in [5.41, 5.74) is 7.83. The molecule has 0 aromatic heterocycles. The molecule has 3 nitrogen and oxygen atoms in total. The SMILES string of the molecule is Cc1ccc(NC(=O)CC(N)c2ccccc2)c(F)c1. The summed E-state index contributed by atoms with van der Waals surface area (Å²) in [6.45, 7) is 1.79. The highest BCUT2D eigenvalue weighted by Crippen LogP contribution is 2.18. The van der Waals surface area contributed by atoms with Crippen molar-refractivity contribution in [2.75, 3.05) is 5.32 Å². The third kappa shape index (κ3) is 3.65.